The Kier molecular flexibility index (Phi) is 11.1. The van der Waals surface area contributed by atoms with E-state index >= 15 is 0 Å². The van der Waals surface area contributed by atoms with Gasteiger partial charge in [0, 0.05) is 74.1 Å². The first-order chi connectivity index (χ1) is 23.4. The Hall–Kier alpha value is -3.80. The highest BCUT2D eigenvalue weighted by atomic mass is 79.9. The number of nitrogens with zero attached hydrogens (tertiary/aromatic N) is 6. The predicted octanol–water partition coefficient (Wildman–Crippen LogP) is 6.44. The molecule has 2 aliphatic heterocycles. The molecule has 0 saturated carbocycles. The molecule has 0 unspecified atom stereocenters. The molecule has 14 heteroatoms. The number of aromatic nitrogens is 4. The number of anilines is 5. The number of ether oxygens (including phenoxy) is 3. The highest BCUT2D eigenvalue weighted by molar-refractivity contribution is 9.10. The topological polar surface area (TPSA) is 127 Å². The van der Waals surface area contributed by atoms with Gasteiger partial charge in [-0.25, -0.2) is 9.78 Å². The van der Waals surface area contributed by atoms with Crippen LogP contribution >= 0.6 is 23.9 Å². The minimum atomic E-state index is -0.496. The lowest BCUT2D eigenvalue weighted by molar-refractivity contribution is 0.0946. The average molecular weight is 738 g/mol. The van der Waals surface area contributed by atoms with Gasteiger partial charge in [0.1, 0.15) is 11.6 Å². The third-order valence-electron chi connectivity index (χ3n) is 8.78. The van der Waals surface area contributed by atoms with Crippen LogP contribution in [0, 0.1) is 0 Å². The number of amides is 1. The van der Waals surface area contributed by atoms with E-state index in [2.05, 4.69) is 71.9 Å². The van der Waals surface area contributed by atoms with Gasteiger partial charge >= 0.3 is 6.09 Å². The number of halogens is 1. The number of hydrogen-bond donors (Lipinski definition) is 2. The van der Waals surface area contributed by atoms with Crippen molar-refractivity contribution in [2.75, 3.05) is 75.9 Å². The monoisotopic (exact) mass is 736 g/mol. The molecule has 0 bridgehead atoms. The van der Waals surface area contributed by atoms with E-state index in [1.54, 1.807) is 32.8 Å². The van der Waals surface area contributed by atoms with E-state index in [1.807, 2.05) is 17.0 Å². The fraction of sp³-hybridized carbons (Fsp3) is 0.441. The second-order valence-electron chi connectivity index (χ2n) is 12.1. The minimum Gasteiger partial charge on any atom is -0.494 e. The smallest absolute Gasteiger partial charge is 0.410 e. The highest BCUT2D eigenvalue weighted by Gasteiger charge is 2.31. The van der Waals surface area contributed by atoms with E-state index < -0.39 is 7.92 Å². The Morgan fingerprint density at radius 1 is 1.02 bits per heavy atom. The van der Waals surface area contributed by atoms with Crippen molar-refractivity contribution in [2.45, 2.75) is 38.1 Å². The molecule has 6 rings (SSSR count). The van der Waals surface area contributed by atoms with Crippen molar-refractivity contribution in [3.63, 3.8) is 0 Å². The summed E-state index contributed by atoms with van der Waals surface area (Å²) in [5, 5.41) is 8.06. The molecule has 12 nitrogen and oxygen atoms in total. The molecule has 0 radical (unpaired) electrons. The zero-order valence-electron chi connectivity index (χ0n) is 27.8. The summed E-state index contributed by atoms with van der Waals surface area (Å²) in [6, 6.07) is 8.38. The third kappa shape index (κ3) is 7.58. The first-order valence-electron chi connectivity index (χ1n) is 16.2. The molecule has 1 amide bonds. The maximum absolute atomic E-state index is 12.6. The number of carbonyl (C=O) groups is 1. The summed E-state index contributed by atoms with van der Waals surface area (Å²) in [5.41, 5.74) is 5.69. The molecule has 0 atom stereocenters. The summed E-state index contributed by atoms with van der Waals surface area (Å²) in [7, 11) is 2.89. The number of rotatable bonds is 11. The number of methoxy groups -OCH3 is 2. The molecular formula is C34H42BrN8O4P. The van der Waals surface area contributed by atoms with Crippen LogP contribution in [0.4, 0.5) is 33.6 Å². The van der Waals surface area contributed by atoms with Gasteiger partial charge < -0.3 is 34.6 Å². The fourth-order valence-corrected chi connectivity index (χ4v) is 7.89. The Balaban J connectivity index is 1.24. The van der Waals surface area contributed by atoms with Gasteiger partial charge in [-0.3, -0.25) is 9.97 Å². The lowest BCUT2D eigenvalue weighted by atomic mass is 10.00. The number of piperidine rings is 1. The molecule has 2 saturated heterocycles. The van der Waals surface area contributed by atoms with Crippen molar-refractivity contribution in [3.8, 4) is 5.75 Å². The van der Waals surface area contributed by atoms with Crippen molar-refractivity contribution in [1.82, 2.24) is 24.8 Å². The number of nitrogens with one attached hydrogen (secondary N) is 2. The van der Waals surface area contributed by atoms with Crippen molar-refractivity contribution >= 4 is 75.1 Å². The van der Waals surface area contributed by atoms with Gasteiger partial charge in [0.05, 0.1) is 41.5 Å². The van der Waals surface area contributed by atoms with Crippen LogP contribution in [-0.4, -0.2) is 97.4 Å². The zero-order valence-corrected chi connectivity index (χ0v) is 30.3. The first kappa shape index (κ1) is 34.1. The molecule has 0 aliphatic carbocycles. The Morgan fingerprint density at radius 3 is 2.60 bits per heavy atom. The fourth-order valence-electron chi connectivity index (χ4n) is 6.39. The summed E-state index contributed by atoms with van der Waals surface area (Å²) in [6.07, 6.45) is 9.39. The molecule has 254 valence electrons. The Bertz CT molecular complexity index is 1750. The number of cyclic esters (lactones) is 1. The van der Waals surface area contributed by atoms with E-state index in [-0.39, 0.29) is 12.1 Å². The average Bonchev–Trinajstić information content (AvgIpc) is 3.32. The molecule has 0 spiro atoms. The molecule has 2 aromatic heterocycles. The van der Waals surface area contributed by atoms with Gasteiger partial charge in [-0.2, -0.15) is 4.98 Å². The number of carbonyl (C=O) groups excluding carboxylic acids is 1. The van der Waals surface area contributed by atoms with Crippen LogP contribution in [0.2, 0.25) is 0 Å². The normalized spacial score (nSPS) is 15.8. The van der Waals surface area contributed by atoms with E-state index in [9.17, 15) is 4.79 Å². The van der Waals surface area contributed by atoms with Gasteiger partial charge in [-0.15, -0.1) is 0 Å². The maximum atomic E-state index is 12.6. The quantitative estimate of drug-likeness (QED) is 0.165. The van der Waals surface area contributed by atoms with Crippen LogP contribution < -0.4 is 25.6 Å². The van der Waals surface area contributed by atoms with Gasteiger partial charge in [-0.05, 0) is 85.1 Å². The molecule has 4 aromatic rings. The summed E-state index contributed by atoms with van der Waals surface area (Å²) in [6.45, 7) is 7.93. The van der Waals surface area contributed by atoms with Crippen molar-refractivity contribution in [2.24, 2.45) is 0 Å². The van der Waals surface area contributed by atoms with Crippen LogP contribution in [0.15, 0.2) is 47.3 Å². The first-order valence-corrected chi connectivity index (χ1v) is 19.2. The molecule has 2 N–H and O–H groups in total. The van der Waals surface area contributed by atoms with E-state index in [0.717, 1.165) is 95.2 Å². The lowest BCUT2D eigenvalue weighted by Crippen LogP contribution is -2.47. The van der Waals surface area contributed by atoms with Crippen LogP contribution in [0.5, 0.6) is 5.75 Å². The van der Waals surface area contributed by atoms with Gasteiger partial charge in [0.15, 0.2) is 0 Å². The summed E-state index contributed by atoms with van der Waals surface area (Å²) in [4.78, 5) is 35.4. The van der Waals surface area contributed by atoms with E-state index in [1.165, 1.54) is 0 Å². The van der Waals surface area contributed by atoms with Crippen LogP contribution in [0.1, 0.15) is 31.2 Å². The second kappa shape index (κ2) is 15.6. The van der Waals surface area contributed by atoms with Crippen molar-refractivity contribution in [1.29, 1.82) is 0 Å². The largest absolute Gasteiger partial charge is 0.494 e. The summed E-state index contributed by atoms with van der Waals surface area (Å²) >= 11 is 3.63. The Labute approximate surface area is 290 Å². The highest BCUT2D eigenvalue weighted by Crippen LogP contribution is 2.38. The number of hydrogen-bond acceptors (Lipinski definition) is 11. The van der Waals surface area contributed by atoms with E-state index in [4.69, 9.17) is 19.2 Å². The van der Waals surface area contributed by atoms with Gasteiger partial charge in [-0.1, -0.05) is 7.92 Å². The summed E-state index contributed by atoms with van der Waals surface area (Å²) < 4.78 is 17.5. The lowest BCUT2D eigenvalue weighted by Gasteiger charge is -2.39. The predicted molar refractivity (Wildman–Crippen MR) is 195 cm³/mol. The molecular weight excluding hydrogens is 695 g/mol. The third-order valence-corrected chi connectivity index (χ3v) is 10.7. The molecule has 2 fully saturated rings. The number of benzene rings is 2. The minimum absolute atomic E-state index is 0.176. The van der Waals surface area contributed by atoms with Gasteiger partial charge in [0.2, 0.25) is 5.95 Å². The second-order valence-corrected chi connectivity index (χ2v) is 15.2. The van der Waals surface area contributed by atoms with Gasteiger partial charge in [0.25, 0.3) is 0 Å². The van der Waals surface area contributed by atoms with Crippen LogP contribution in [-0.2, 0) is 15.9 Å². The molecule has 2 aliphatic rings. The Morgan fingerprint density at radius 2 is 1.83 bits per heavy atom. The number of fused-ring (bicyclic) bond motifs is 1. The van der Waals surface area contributed by atoms with Crippen molar-refractivity contribution < 1.29 is 19.0 Å². The zero-order chi connectivity index (χ0) is 33.6. The van der Waals surface area contributed by atoms with Crippen LogP contribution in [0.3, 0.4) is 0 Å². The standard InChI is InChI=1S/C34H42BrN8O4P/c1-45-18-11-22-19-27(29(46-2)20-28(22)42-15-9-23(10-16-42)43-14-5-6-17-47-34(43)44)40-33-38-21-24(35)32(41-33)39-26-8-7-25-30(31(26)48(3)4)37-13-12-36-25/h7-8,12-13,19-21,23H,5-6,9-11,14-18H2,1-4H3,(H2,38,39,40,41). The van der Waals surface area contributed by atoms with E-state index in [0.29, 0.717) is 30.7 Å². The summed E-state index contributed by atoms with van der Waals surface area (Å²) in [5.74, 6) is 1.73. The maximum Gasteiger partial charge on any atom is 0.410 e. The van der Waals surface area contributed by atoms with Crippen LogP contribution in [0.25, 0.3) is 11.0 Å². The molecule has 48 heavy (non-hydrogen) atoms. The van der Waals surface area contributed by atoms with Crippen molar-refractivity contribution in [3.05, 3.63) is 52.9 Å². The SMILES string of the molecule is COCCc1cc(Nc2ncc(Br)c(Nc3ccc4nccnc4c3P(C)C)n2)c(OC)cc1N1CCC(N2CCCCOC2=O)CC1. The molecule has 2 aromatic carbocycles. The molecule has 4 heterocycles.